The summed E-state index contributed by atoms with van der Waals surface area (Å²) in [5, 5.41) is 3.08. The maximum Gasteiger partial charge on any atom is 0.244 e. The summed E-state index contributed by atoms with van der Waals surface area (Å²) in [5.41, 5.74) is 1.76. The third-order valence-electron chi connectivity index (χ3n) is 5.90. The number of rotatable bonds is 12. The fourth-order valence-corrected chi connectivity index (χ4v) is 5.28. The standard InChI is InChI=1S/C28H31Cl2N3O4S/c1-3-17-31-28(35)25(18-21-11-6-4-7-12-21)32(19-22-13-8-5-9-14-22)26(34)20-33(38(2,36)37)24-16-10-15-23(29)27(24)30/h4-16,25H,3,17-20H2,1-2H3,(H,31,35)/t25-/m0/s1. The van der Waals surface area contributed by atoms with Crippen molar-refractivity contribution < 1.29 is 18.0 Å². The molecule has 3 aromatic carbocycles. The molecule has 0 bridgehead atoms. The molecule has 0 aliphatic rings. The van der Waals surface area contributed by atoms with Crippen LogP contribution in [-0.2, 0) is 32.6 Å². The van der Waals surface area contributed by atoms with Gasteiger partial charge in [-0.05, 0) is 29.7 Å². The van der Waals surface area contributed by atoms with E-state index in [1.165, 1.54) is 17.0 Å². The predicted octanol–water partition coefficient (Wildman–Crippen LogP) is 4.93. The van der Waals surface area contributed by atoms with Gasteiger partial charge in [-0.15, -0.1) is 0 Å². The SMILES string of the molecule is CCCNC(=O)[C@H](Cc1ccccc1)N(Cc1ccccc1)C(=O)CN(c1cccc(Cl)c1Cl)S(C)(=O)=O. The first kappa shape index (κ1) is 29.5. The Kier molecular flexibility index (Phi) is 10.6. The highest BCUT2D eigenvalue weighted by molar-refractivity contribution is 7.92. The third kappa shape index (κ3) is 7.96. The molecule has 0 unspecified atom stereocenters. The van der Waals surface area contributed by atoms with Crippen LogP contribution in [0.25, 0.3) is 0 Å². The Balaban J connectivity index is 2.05. The average Bonchev–Trinajstić information content (AvgIpc) is 2.90. The van der Waals surface area contributed by atoms with Gasteiger partial charge in [0.05, 0.1) is 22.0 Å². The van der Waals surface area contributed by atoms with Crippen LogP contribution in [-0.4, -0.2) is 50.5 Å². The summed E-state index contributed by atoms with van der Waals surface area (Å²) in [4.78, 5) is 28.8. The molecule has 0 fully saturated rings. The molecule has 202 valence electrons. The monoisotopic (exact) mass is 575 g/mol. The van der Waals surface area contributed by atoms with Crippen molar-refractivity contribution in [1.29, 1.82) is 0 Å². The van der Waals surface area contributed by atoms with E-state index in [0.717, 1.165) is 28.1 Å². The van der Waals surface area contributed by atoms with Crippen LogP contribution >= 0.6 is 23.2 Å². The second-order valence-electron chi connectivity index (χ2n) is 8.85. The lowest BCUT2D eigenvalue weighted by Gasteiger charge is -2.33. The highest BCUT2D eigenvalue weighted by Gasteiger charge is 2.33. The van der Waals surface area contributed by atoms with E-state index in [0.29, 0.717) is 6.54 Å². The molecule has 0 saturated heterocycles. The van der Waals surface area contributed by atoms with E-state index in [9.17, 15) is 18.0 Å². The molecule has 10 heteroatoms. The molecule has 38 heavy (non-hydrogen) atoms. The van der Waals surface area contributed by atoms with Gasteiger partial charge < -0.3 is 10.2 Å². The van der Waals surface area contributed by atoms with E-state index in [2.05, 4.69) is 5.32 Å². The fraction of sp³-hybridized carbons (Fsp3) is 0.286. The molecule has 0 radical (unpaired) electrons. The van der Waals surface area contributed by atoms with Crippen molar-refractivity contribution in [3.63, 3.8) is 0 Å². The number of amides is 2. The smallest absolute Gasteiger partial charge is 0.244 e. The zero-order valence-electron chi connectivity index (χ0n) is 21.3. The van der Waals surface area contributed by atoms with Crippen molar-refractivity contribution in [2.45, 2.75) is 32.4 Å². The number of carbonyl (C=O) groups is 2. The van der Waals surface area contributed by atoms with Crippen molar-refractivity contribution >= 4 is 50.7 Å². The van der Waals surface area contributed by atoms with Gasteiger partial charge in [-0.3, -0.25) is 13.9 Å². The van der Waals surface area contributed by atoms with Gasteiger partial charge in [-0.25, -0.2) is 8.42 Å². The van der Waals surface area contributed by atoms with Crippen LogP contribution < -0.4 is 9.62 Å². The number of nitrogens with zero attached hydrogens (tertiary/aromatic N) is 2. The van der Waals surface area contributed by atoms with Gasteiger partial charge in [0.2, 0.25) is 21.8 Å². The van der Waals surface area contributed by atoms with Gasteiger partial charge in [0.1, 0.15) is 12.6 Å². The van der Waals surface area contributed by atoms with Gasteiger partial charge >= 0.3 is 0 Å². The normalized spacial score (nSPS) is 12.0. The summed E-state index contributed by atoms with van der Waals surface area (Å²) in [6.45, 7) is 1.94. The van der Waals surface area contributed by atoms with Gasteiger partial charge in [-0.2, -0.15) is 0 Å². The molecule has 0 spiro atoms. The topological polar surface area (TPSA) is 86.8 Å². The van der Waals surface area contributed by atoms with Crippen molar-refractivity contribution in [3.05, 3.63) is 100 Å². The summed E-state index contributed by atoms with van der Waals surface area (Å²) in [6, 6.07) is 22.3. The Hall–Kier alpha value is -3.07. The van der Waals surface area contributed by atoms with E-state index in [1.54, 1.807) is 6.07 Å². The van der Waals surface area contributed by atoms with Gasteiger partial charge in [-0.1, -0.05) is 96.9 Å². The van der Waals surface area contributed by atoms with Crippen molar-refractivity contribution in [2.24, 2.45) is 0 Å². The summed E-state index contributed by atoms with van der Waals surface area (Å²) >= 11 is 12.5. The molecule has 0 aliphatic heterocycles. The fourth-order valence-electron chi connectivity index (χ4n) is 3.98. The number of halogens is 2. The number of sulfonamides is 1. The molecule has 3 rings (SSSR count). The molecule has 7 nitrogen and oxygen atoms in total. The first-order valence-electron chi connectivity index (χ1n) is 12.2. The summed E-state index contributed by atoms with van der Waals surface area (Å²) in [6.07, 6.45) is 1.98. The second-order valence-corrected chi connectivity index (χ2v) is 11.5. The number of benzene rings is 3. The Labute approximate surface area is 234 Å². The van der Waals surface area contributed by atoms with Crippen LogP contribution in [0.4, 0.5) is 5.69 Å². The highest BCUT2D eigenvalue weighted by Crippen LogP contribution is 2.33. The zero-order valence-corrected chi connectivity index (χ0v) is 23.6. The number of anilines is 1. The molecule has 0 aliphatic carbocycles. The maximum atomic E-state index is 13.9. The van der Waals surface area contributed by atoms with Crippen LogP contribution in [0.3, 0.4) is 0 Å². The lowest BCUT2D eigenvalue weighted by atomic mass is 10.0. The minimum Gasteiger partial charge on any atom is -0.354 e. The number of carbonyl (C=O) groups excluding carboxylic acids is 2. The van der Waals surface area contributed by atoms with E-state index in [4.69, 9.17) is 23.2 Å². The lowest BCUT2D eigenvalue weighted by Crippen LogP contribution is -2.53. The third-order valence-corrected chi connectivity index (χ3v) is 7.83. The van der Waals surface area contributed by atoms with Crippen LogP contribution in [0.5, 0.6) is 0 Å². The molecule has 0 aromatic heterocycles. The van der Waals surface area contributed by atoms with Gasteiger partial charge in [0.15, 0.2) is 0 Å². The van der Waals surface area contributed by atoms with Crippen molar-refractivity contribution in [2.75, 3.05) is 23.7 Å². The largest absolute Gasteiger partial charge is 0.354 e. The quantitative estimate of drug-likeness (QED) is 0.332. The highest BCUT2D eigenvalue weighted by atomic mass is 35.5. The van der Waals surface area contributed by atoms with Crippen LogP contribution in [0.15, 0.2) is 78.9 Å². The van der Waals surface area contributed by atoms with Gasteiger partial charge in [0, 0.05) is 19.5 Å². The molecular weight excluding hydrogens is 545 g/mol. The Morgan fingerprint density at radius 2 is 1.50 bits per heavy atom. The van der Waals surface area contributed by atoms with Crippen molar-refractivity contribution in [3.8, 4) is 0 Å². The minimum atomic E-state index is -3.94. The van der Waals surface area contributed by atoms with E-state index in [1.807, 2.05) is 67.6 Å². The van der Waals surface area contributed by atoms with E-state index < -0.39 is 28.5 Å². The lowest BCUT2D eigenvalue weighted by molar-refractivity contribution is -0.140. The van der Waals surface area contributed by atoms with Crippen LogP contribution in [0, 0.1) is 0 Å². The Bertz CT molecular complexity index is 1340. The Morgan fingerprint density at radius 1 is 0.895 bits per heavy atom. The van der Waals surface area contributed by atoms with E-state index >= 15 is 0 Å². The molecule has 2 amide bonds. The predicted molar refractivity (Wildman–Crippen MR) is 153 cm³/mol. The first-order chi connectivity index (χ1) is 18.1. The molecule has 1 atom stereocenters. The number of hydrogen-bond acceptors (Lipinski definition) is 4. The van der Waals surface area contributed by atoms with Gasteiger partial charge in [0.25, 0.3) is 0 Å². The summed E-state index contributed by atoms with van der Waals surface area (Å²) in [5.74, 6) is -0.866. The van der Waals surface area contributed by atoms with E-state index in [-0.39, 0.29) is 34.6 Å². The molecular formula is C28H31Cl2N3O4S. The molecule has 1 N–H and O–H groups in total. The second kappa shape index (κ2) is 13.6. The number of hydrogen-bond donors (Lipinski definition) is 1. The molecule has 0 heterocycles. The number of nitrogens with one attached hydrogen (secondary N) is 1. The maximum absolute atomic E-state index is 13.9. The van der Waals surface area contributed by atoms with Crippen molar-refractivity contribution in [1.82, 2.24) is 10.2 Å². The van der Waals surface area contributed by atoms with Crippen LogP contribution in [0.1, 0.15) is 24.5 Å². The molecule has 3 aromatic rings. The minimum absolute atomic E-state index is 0.0172. The first-order valence-corrected chi connectivity index (χ1v) is 14.8. The van der Waals surface area contributed by atoms with Crippen LogP contribution in [0.2, 0.25) is 10.0 Å². The Morgan fingerprint density at radius 3 is 2.08 bits per heavy atom. The molecule has 0 saturated carbocycles. The summed E-state index contributed by atoms with van der Waals surface area (Å²) in [7, 11) is -3.94. The summed E-state index contributed by atoms with van der Waals surface area (Å²) < 4.78 is 26.6. The zero-order chi connectivity index (χ0) is 27.7. The average molecular weight is 577 g/mol.